The molecule has 0 saturated heterocycles. The maximum atomic E-state index is 12.1. The molecule has 0 aliphatic carbocycles. The summed E-state index contributed by atoms with van der Waals surface area (Å²) in [5.74, 6) is 3.30. The molecule has 2 N–H and O–H groups in total. The van der Waals surface area contributed by atoms with Crippen molar-refractivity contribution in [2.45, 2.75) is 70.9 Å². The normalized spacial score (nSPS) is 13.7. The van der Waals surface area contributed by atoms with Gasteiger partial charge in [0.05, 0.1) is 12.1 Å². The van der Waals surface area contributed by atoms with Crippen molar-refractivity contribution < 1.29 is 19.1 Å². The van der Waals surface area contributed by atoms with Gasteiger partial charge in [-0.25, -0.2) is 9.78 Å². The zero-order valence-electron chi connectivity index (χ0n) is 17.2. The van der Waals surface area contributed by atoms with Gasteiger partial charge in [-0.15, -0.1) is 12.3 Å². The number of aromatic nitrogens is 1. The number of unbranched alkanes of at least 4 members (excludes halogenated alkanes) is 1. The number of oxazole rings is 1. The lowest BCUT2D eigenvalue weighted by Crippen LogP contribution is -2.50. The second-order valence-corrected chi connectivity index (χ2v) is 8.31. The van der Waals surface area contributed by atoms with E-state index in [-0.39, 0.29) is 6.61 Å². The number of carbonyl (C=O) groups is 1. The first-order valence-electron chi connectivity index (χ1n) is 9.58. The van der Waals surface area contributed by atoms with E-state index < -0.39 is 17.2 Å². The van der Waals surface area contributed by atoms with E-state index in [1.807, 2.05) is 18.2 Å². The van der Waals surface area contributed by atoms with Crippen LogP contribution in [0, 0.1) is 12.3 Å². The molecule has 0 bridgehead atoms. The van der Waals surface area contributed by atoms with Crippen LogP contribution in [0.25, 0.3) is 11.1 Å². The van der Waals surface area contributed by atoms with Gasteiger partial charge in [0, 0.05) is 12.8 Å². The summed E-state index contributed by atoms with van der Waals surface area (Å²) < 4.78 is 11.0. The SMILES string of the molecule is C#CCCCc1nc2cc(CC[C@](C)(CO)NC(=O)OC(C)(C)C)ccc2o1. The summed E-state index contributed by atoms with van der Waals surface area (Å²) in [5.41, 5.74) is 1.25. The molecular formula is C22H30N2O4. The minimum atomic E-state index is -0.776. The molecular weight excluding hydrogens is 356 g/mol. The largest absolute Gasteiger partial charge is 0.444 e. The van der Waals surface area contributed by atoms with Crippen LogP contribution in [0.15, 0.2) is 22.6 Å². The number of nitrogens with zero attached hydrogens (tertiary/aromatic N) is 1. The Morgan fingerprint density at radius 1 is 1.32 bits per heavy atom. The number of hydrogen-bond acceptors (Lipinski definition) is 5. The fraction of sp³-hybridized carbons (Fsp3) is 0.545. The van der Waals surface area contributed by atoms with E-state index in [1.54, 1.807) is 27.7 Å². The predicted octanol–water partition coefficient (Wildman–Crippen LogP) is 3.99. The topological polar surface area (TPSA) is 84.6 Å². The van der Waals surface area contributed by atoms with Gasteiger partial charge in [-0.2, -0.15) is 0 Å². The molecule has 0 fully saturated rings. The number of alkyl carbamates (subject to hydrolysis) is 1. The highest BCUT2D eigenvalue weighted by Gasteiger charge is 2.28. The highest BCUT2D eigenvalue weighted by atomic mass is 16.6. The van der Waals surface area contributed by atoms with Crippen LogP contribution >= 0.6 is 0 Å². The van der Waals surface area contributed by atoms with Crippen molar-refractivity contribution in [2.75, 3.05) is 6.61 Å². The van der Waals surface area contributed by atoms with E-state index in [9.17, 15) is 9.90 Å². The number of rotatable bonds is 8. The number of terminal acetylenes is 1. The van der Waals surface area contributed by atoms with Crippen LogP contribution in [0.4, 0.5) is 4.79 Å². The van der Waals surface area contributed by atoms with Crippen molar-refractivity contribution >= 4 is 17.2 Å². The van der Waals surface area contributed by atoms with Crippen molar-refractivity contribution in [2.24, 2.45) is 0 Å². The number of ether oxygens (including phenoxy) is 1. The highest BCUT2D eigenvalue weighted by molar-refractivity contribution is 5.73. The van der Waals surface area contributed by atoms with E-state index in [4.69, 9.17) is 15.6 Å². The molecule has 1 aromatic heterocycles. The Morgan fingerprint density at radius 2 is 2.07 bits per heavy atom. The number of benzene rings is 1. The zero-order chi connectivity index (χ0) is 20.8. The molecule has 28 heavy (non-hydrogen) atoms. The van der Waals surface area contributed by atoms with Crippen LogP contribution in [0.1, 0.15) is 58.4 Å². The summed E-state index contributed by atoms with van der Waals surface area (Å²) in [4.78, 5) is 16.6. The molecule has 2 rings (SSSR count). The number of aliphatic hydroxyl groups is 1. The van der Waals surface area contributed by atoms with E-state index in [0.717, 1.165) is 29.5 Å². The fourth-order valence-electron chi connectivity index (χ4n) is 2.78. The molecule has 0 aliphatic rings. The molecule has 6 nitrogen and oxygen atoms in total. The minimum absolute atomic E-state index is 0.183. The van der Waals surface area contributed by atoms with Gasteiger partial charge in [0.25, 0.3) is 0 Å². The van der Waals surface area contributed by atoms with E-state index in [0.29, 0.717) is 25.2 Å². The lowest BCUT2D eigenvalue weighted by atomic mass is 9.94. The van der Waals surface area contributed by atoms with Gasteiger partial charge in [-0.05, 0) is 64.7 Å². The molecule has 0 unspecified atom stereocenters. The van der Waals surface area contributed by atoms with Crippen molar-refractivity contribution in [3.63, 3.8) is 0 Å². The Bertz CT molecular complexity index is 844. The van der Waals surface area contributed by atoms with Crippen molar-refractivity contribution in [3.05, 3.63) is 29.7 Å². The number of hydrogen-bond donors (Lipinski definition) is 2. The Kier molecular flexibility index (Phi) is 7.09. The first-order valence-corrected chi connectivity index (χ1v) is 9.58. The predicted molar refractivity (Wildman–Crippen MR) is 109 cm³/mol. The Balaban J connectivity index is 2.00. The van der Waals surface area contributed by atoms with Gasteiger partial charge in [0.2, 0.25) is 0 Å². The van der Waals surface area contributed by atoms with Crippen LogP contribution in [-0.4, -0.2) is 33.9 Å². The van der Waals surface area contributed by atoms with Gasteiger partial charge in [-0.3, -0.25) is 0 Å². The number of aliphatic hydroxyl groups excluding tert-OH is 1. The Morgan fingerprint density at radius 3 is 2.71 bits per heavy atom. The second-order valence-electron chi connectivity index (χ2n) is 8.31. The molecule has 1 amide bonds. The lowest BCUT2D eigenvalue weighted by Gasteiger charge is -2.30. The average Bonchev–Trinajstić information content (AvgIpc) is 3.00. The summed E-state index contributed by atoms with van der Waals surface area (Å²) >= 11 is 0. The average molecular weight is 386 g/mol. The van der Waals surface area contributed by atoms with Crippen LogP contribution < -0.4 is 5.32 Å². The molecule has 0 aliphatic heterocycles. The molecule has 1 atom stereocenters. The lowest BCUT2D eigenvalue weighted by molar-refractivity contribution is 0.0407. The van der Waals surface area contributed by atoms with E-state index in [1.165, 1.54) is 0 Å². The van der Waals surface area contributed by atoms with Crippen LogP contribution in [0.2, 0.25) is 0 Å². The molecule has 0 radical (unpaired) electrons. The zero-order valence-corrected chi connectivity index (χ0v) is 17.2. The van der Waals surface area contributed by atoms with E-state index >= 15 is 0 Å². The van der Waals surface area contributed by atoms with Crippen LogP contribution in [-0.2, 0) is 17.6 Å². The third kappa shape index (κ3) is 6.58. The van der Waals surface area contributed by atoms with Crippen LogP contribution in [0.5, 0.6) is 0 Å². The van der Waals surface area contributed by atoms with Crippen molar-refractivity contribution in [1.82, 2.24) is 10.3 Å². The van der Waals surface area contributed by atoms with Gasteiger partial charge >= 0.3 is 6.09 Å². The molecule has 0 spiro atoms. The van der Waals surface area contributed by atoms with Gasteiger partial charge in [-0.1, -0.05) is 6.07 Å². The van der Waals surface area contributed by atoms with Gasteiger partial charge < -0.3 is 19.6 Å². The second kappa shape index (κ2) is 9.11. The highest BCUT2D eigenvalue weighted by Crippen LogP contribution is 2.21. The number of aryl methyl sites for hydroxylation is 2. The minimum Gasteiger partial charge on any atom is -0.444 e. The van der Waals surface area contributed by atoms with Crippen LogP contribution in [0.3, 0.4) is 0 Å². The molecule has 6 heteroatoms. The summed E-state index contributed by atoms with van der Waals surface area (Å²) in [6, 6.07) is 5.86. The summed E-state index contributed by atoms with van der Waals surface area (Å²) in [7, 11) is 0. The Labute approximate surface area is 166 Å². The summed E-state index contributed by atoms with van der Waals surface area (Å²) in [5, 5.41) is 12.6. The molecule has 1 heterocycles. The smallest absolute Gasteiger partial charge is 0.408 e. The number of carbonyl (C=O) groups excluding carboxylic acids is 1. The fourth-order valence-corrected chi connectivity index (χ4v) is 2.78. The third-order valence-corrected chi connectivity index (χ3v) is 4.33. The monoisotopic (exact) mass is 386 g/mol. The van der Waals surface area contributed by atoms with Crippen molar-refractivity contribution in [1.29, 1.82) is 0 Å². The maximum Gasteiger partial charge on any atom is 0.408 e. The third-order valence-electron chi connectivity index (χ3n) is 4.33. The van der Waals surface area contributed by atoms with Gasteiger partial charge in [0.15, 0.2) is 11.5 Å². The molecule has 2 aromatic rings. The summed E-state index contributed by atoms with van der Waals surface area (Å²) in [6.07, 6.45) is 8.24. The number of fused-ring (bicyclic) bond motifs is 1. The summed E-state index contributed by atoms with van der Waals surface area (Å²) in [6.45, 7) is 7.03. The number of nitrogens with one attached hydrogen (secondary N) is 1. The van der Waals surface area contributed by atoms with E-state index in [2.05, 4.69) is 16.2 Å². The Hall–Kier alpha value is -2.52. The first-order chi connectivity index (χ1) is 13.1. The number of amides is 1. The molecule has 152 valence electrons. The molecule has 1 aromatic carbocycles. The molecule has 0 saturated carbocycles. The first kappa shape index (κ1) is 21.8. The van der Waals surface area contributed by atoms with Crippen molar-refractivity contribution in [3.8, 4) is 12.3 Å². The maximum absolute atomic E-state index is 12.1. The quantitative estimate of drug-likeness (QED) is 0.529. The standard InChI is InChI=1S/C22H30N2O4/c1-6-7-8-9-19-23-17-14-16(10-11-18(17)27-19)12-13-22(5,15-25)24-20(26)28-21(2,3)4/h1,10-11,14,25H,7-9,12-13,15H2,2-5H3,(H,24,26)/t22-/m1/s1. The van der Waals surface area contributed by atoms with Gasteiger partial charge in [0.1, 0.15) is 11.1 Å².